The largest absolute Gasteiger partial charge is 0.381 e. The van der Waals surface area contributed by atoms with E-state index < -0.39 is 10.0 Å². The number of amides is 1. The van der Waals surface area contributed by atoms with E-state index in [2.05, 4.69) is 10.0 Å². The zero-order valence-electron chi connectivity index (χ0n) is 18.9. The van der Waals surface area contributed by atoms with Gasteiger partial charge in [0.05, 0.1) is 4.90 Å². The summed E-state index contributed by atoms with van der Waals surface area (Å²) in [6, 6.07) is 20.8. The summed E-state index contributed by atoms with van der Waals surface area (Å²) in [5.74, 6) is -0.327. The van der Waals surface area contributed by atoms with Crippen molar-refractivity contribution in [2.24, 2.45) is 0 Å². The highest BCUT2D eigenvalue weighted by Crippen LogP contribution is 2.35. The van der Waals surface area contributed by atoms with Crippen LogP contribution in [0.5, 0.6) is 0 Å². The van der Waals surface area contributed by atoms with Crippen LogP contribution < -0.4 is 10.0 Å². The number of benzene rings is 3. The quantitative estimate of drug-likeness (QED) is 0.484. The van der Waals surface area contributed by atoms with Crippen LogP contribution in [0.25, 0.3) is 0 Å². The molecular weight excluding hydrogens is 472 g/mol. The summed E-state index contributed by atoms with van der Waals surface area (Å²) < 4.78 is 33.8. The lowest BCUT2D eigenvalue weighted by Crippen LogP contribution is -2.44. The summed E-state index contributed by atoms with van der Waals surface area (Å²) in [6.07, 6.45) is 1.54. The maximum absolute atomic E-state index is 13.0. The number of halogens is 1. The number of hydrogen-bond acceptors (Lipinski definition) is 4. The second-order valence-corrected chi connectivity index (χ2v) is 10.7. The second-order valence-electron chi connectivity index (χ2n) is 8.58. The SMILES string of the molecule is Cc1ccc(NS(=O)(=O)c2cccc(C(=O)NCC3(c4ccc(Cl)cc4)CCOCC3)c2)cc1. The lowest BCUT2D eigenvalue weighted by Gasteiger charge is -2.38. The zero-order chi connectivity index (χ0) is 24.2. The molecule has 6 nitrogen and oxygen atoms in total. The van der Waals surface area contributed by atoms with E-state index in [0.29, 0.717) is 30.5 Å². The van der Waals surface area contributed by atoms with Crippen molar-refractivity contribution in [2.75, 3.05) is 24.5 Å². The van der Waals surface area contributed by atoms with E-state index >= 15 is 0 Å². The Morgan fingerprint density at radius 3 is 2.35 bits per heavy atom. The molecule has 1 aliphatic heterocycles. The molecule has 34 heavy (non-hydrogen) atoms. The number of ether oxygens (including phenoxy) is 1. The van der Waals surface area contributed by atoms with Gasteiger partial charge in [-0.2, -0.15) is 0 Å². The molecule has 0 saturated carbocycles. The van der Waals surface area contributed by atoms with Gasteiger partial charge in [0, 0.05) is 41.4 Å². The fraction of sp³-hybridized carbons (Fsp3) is 0.269. The number of carbonyl (C=O) groups is 1. The van der Waals surface area contributed by atoms with Gasteiger partial charge in [-0.25, -0.2) is 8.42 Å². The molecule has 0 unspecified atom stereocenters. The Bertz CT molecular complexity index is 1250. The maximum atomic E-state index is 13.0. The summed E-state index contributed by atoms with van der Waals surface area (Å²) in [6.45, 7) is 3.56. The molecule has 4 rings (SSSR count). The van der Waals surface area contributed by atoms with Crippen molar-refractivity contribution in [3.63, 3.8) is 0 Å². The van der Waals surface area contributed by atoms with E-state index in [1.165, 1.54) is 12.1 Å². The van der Waals surface area contributed by atoms with Gasteiger partial charge in [0.1, 0.15) is 0 Å². The minimum Gasteiger partial charge on any atom is -0.381 e. The maximum Gasteiger partial charge on any atom is 0.261 e. The Hall–Kier alpha value is -2.87. The van der Waals surface area contributed by atoms with E-state index in [-0.39, 0.29) is 21.8 Å². The first-order valence-corrected chi connectivity index (χ1v) is 13.0. The molecule has 0 aromatic heterocycles. The fourth-order valence-corrected chi connectivity index (χ4v) is 5.35. The lowest BCUT2D eigenvalue weighted by molar-refractivity contribution is 0.0487. The van der Waals surface area contributed by atoms with Gasteiger partial charge in [-0.3, -0.25) is 9.52 Å². The van der Waals surface area contributed by atoms with Gasteiger partial charge in [0.15, 0.2) is 0 Å². The van der Waals surface area contributed by atoms with Gasteiger partial charge in [0.25, 0.3) is 15.9 Å². The molecule has 0 bridgehead atoms. The van der Waals surface area contributed by atoms with E-state index in [1.807, 2.05) is 43.3 Å². The molecule has 1 fully saturated rings. The first-order valence-electron chi connectivity index (χ1n) is 11.1. The van der Waals surface area contributed by atoms with Crippen molar-refractivity contribution in [1.82, 2.24) is 5.32 Å². The van der Waals surface area contributed by atoms with Crippen molar-refractivity contribution in [2.45, 2.75) is 30.1 Å². The van der Waals surface area contributed by atoms with E-state index in [4.69, 9.17) is 16.3 Å². The van der Waals surface area contributed by atoms with E-state index in [0.717, 1.165) is 24.0 Å². The minimum absolute atomic E-state index is 0.0270. The van der Waals surface area contributed by atoms with E-state index in [1.54, 1.807) is 24.3 Å². The monoisotopic (exact) mass is 498 g/mol. The average molecular weight is 499 g/mol. The topological polar surface area (TPSA) is 84.5 Å². The van der Waals surface area contributed by atoms with Crippen LogP contribution >= 0.6 is 11.6 Å². The molecule has 1 aliphatic rings. The smallest absolute Gasteiger partial charge is 0.261 e. The predicted molar refractivity (Wildman–Crippen MR) is 134 cm³/mol. The van der Waals surface area contributed by atoms with Crippen LogP contribution in [-0.2, 0) is 20.2 Å². The third kappa shape index (κ3) is 5.60. The van der Waals surface area contributed by atoms with Crippen molar-refractivity contribution < 1.29 is 17.9 Å². The van der Waals surface area contributed by atoms with Gasteiger partial charge in [-0.1, -0.05) is 47.5 Å². The highest BCUT2D eigenvalue weighted by atomic mass is 35.5. The van der Waals surface area contributed by atoms with Crippen molar-refractivity contribution >= 4 is 33.2 Å². The molecule has 2 N–H and O–H groups in total. The third-order valence-electron chi connectivity index (χ3n) is 6.20. The van der Waals surface area contributed by atoms with E-state index in [9.17, 15) is 13.2 Å². The molecular formula is C26H27ClN2O4S. The first-order chi connectivity index (χ1) is 16.3. The summed E-state index contributed by atoms with van der Waals surface area (Å²) in [5, 5.41) is 3.67. The van der Waals surface area contributed by atoms with Crippen LogP contribution in [0.3, 0.4) is 0 Å². The molecule has 8 heteroatoms. The number of rotatable bonds is 7. The molecule has 1 amide bonds. The van der Waals surface area contributed by atoms with Gasteiger partial charge in [0.2, 0.25) is 0 Å². The molecule has 178 valence electrons. The number of carbonyl (C=O) groups excluding carboxylic acids is 1. The second kappa shape index (κ2) is 10.2. The van der Waals surface area contributed by atoms with Gasteiger partial charge in [-0.05, 0) is 67.8 Å². The van der Waals surface area contributed by atoms with Crippen LogP contribution in [0.1, 0.15) is 34.3 Å². The number of nitrogens with one attached hydrogen (secondary N) is 2. The Morgan fingerprint density at radius 2 is 1.68 bits per heavy atom. The zero-order valence-corrected chi connectivity index (χ0v) is 20.5. The number of anilines is 1. The summed E-state index contributed by atoms with van der Waals surface area (Å²) in [4.78, 5) is 13.0. The summed E-state index contributed by atoms with van der Waals surface area (Å²) in [7, 11) is -3.84. The highest BCUT2D eigenvalue weighted by Gasteiger charge is 2.35. The standard InChI is InChI=1S/C26H27ClN2O4S/c1-19-5-11-23(12-6-19)29-34(31,32)24-4-2-3-20(17-24)25(30)28-18-26(13-15-33-16-14-26)21-7-9-22(27)10-8-21/h2-12,17,29H,13-16,18H2,1H3,(H,28,30). The first kappa shape index (κ1) is 24.3. The Kier molecular flexibility index (Phi) is 7.26. The Morgan fingerprint density at radius 1 is 1.00 bits per heavy atom. The molecule has 3 aromatic rings. The van der Waals surface area contributed by atoms with Crippen LogP contribution in [0.2, 0.25) is 5.02 Å². The van der Waals surface area contributed by atoms with Crippen LogP contribution in [0, 0.1) is 6.92 Å². The van der Waals surface area contributed by atoms with Crippen LogP contribution in [0.15, 0.2) is 77.7 Å². The molecule has 3 aromatic carbocycles. The van der Waals surface area contributed by atoms with Gasteiger partial charge >= 0.3 is 0 Å². The number of hydrogen-bond donors (Lipinski definition) is 2. The molecule has 1 heterocycles. The van der Waals surface area contributed by atoms with Crippen molar-refractivity contribution in [3.8, 4) is 0 Å². The number of sulfonamides is 1. The number of aryl methyl sites for hydroxylation is 1. The van der Waals surface area contributed by atoms with Crippen molar-refractivity contribution in [3.05, 3.63) is 94.5 Å². The molecule has 0 spiro atoms. The lowest BCUT2D eigenvalue weighted by atomic mass is 9.74. The van der Waals surface area contributed by atoms with Gasteiger partial charge in [-0.15, -0.1) is 0 Å². The Balaban J connectivity index is 1.50. The highest BCUT2D eigenvalue weighted by molar-refractivity contribution is 7.92. The van der Waals surface area contributed by atoms with Crippen LogP contribution in [0.4, 0.5) is 5.69 Å². The van der Waals surface area contributed by atoms with Gasteiger partial charge < -0.3 is 10.1 Å². The molecule has 0 radical (unpaired) electrons. The summed E-state index contributed by atoms with van der Waals surface area (Å²) >= 11 is 6.06. The average Bonchev–Trinajstić information content (AvgIpc) is 2.85. The molecule has 0 aliphatic carbocycles. The third-order valence-corrected chi connectivity index (χ3v) is 7.84. The predicted octanol–water partition coefficient (Wildman–Crippen LogP) is 4.93. The Labute approximate surface area is 205 Å². The van der Waals surface area contributed by atoms with Crippen LogP contribution in [-0.4, -0.2) is 34.1 Å². The molecule has 1 saturated heterocycles. The van der Waals surface area contributed by atoms with Crippen molar-refractivity contribution in [1.29, 1.82) is 0 Å². The molecule has 0 atom stereocenters. The summed E-state index contributed by atoms with van der Waals surface area (Å²) in [5.41, 5.74) is 2.60. The fourth-order valence-electron chi connectivity index (χ4n) is 4.12. The minimum atomic E-state index is -3.84. The normalized spacial score (nSPS) is 15.5.